The molecule has 84 valence electrons. The highest BCUT2D eigenvalue weighted by molar-refractivity contribution is 7.89. The molecule has 0 aliphatic heterocycles. The number of rotatable bonds is 4. The van der Waals surface area contributed by atoms with Crippen LogP contribution in [0.1, 0.15) is 13.3 Å². The molecule has 0 unspecified atom stereocenters. The molecule has 0 saturated heterocycles. The zero-order chi connectivity index (χ0) is 11.5. The fourth-order valence-corrected chi connectivity index (χ4v) is 2.50. The first-order chi connectivity index (χ1) is 7.00. The largest absolute Gasteiger partial charge is 0.366 e. The monoisotopic (exact) mass is 230 g/mol. The highest BCUT2D eigenvalue weighted by atomic mass is 32.2. The van der Waals surface area contributed by atoms with Crippen LogP contribution in [0.15, 0.2) is 28.2 Å². The lowest BCUT2D eigenvalue weighted by Crippen LogP contribution is -2.31. The molecule has 0 spiro atoms. The smallest absolute Gasteiger partial charge is 0.248 e. The van der Waals surface area contributed by atoms with Crippen molar-refractivity contribution in [1.29, 1.82) is 0 Å². The van der Waals surface area contributed by atoms with E-state index in [2.05, 4.69) is 4.98 Å². The van der Waals surface area contributed by atoms with Crippen LogP contribution in [0.2, 0.25) is 0 Å². The van der Waals surface area contributed by atoms with Crippen LogP contribution in [0.5, 0.6) is 0 Å². The summed E-state index contributed by atoms with van der Waals surface area (Å²) < 4.78 is 24.9. The molecule has 1 heterocycles. The molecular weight excluding hydrogens is 216 g/mol. The molecule has 0 aliphatic carbocycles. The number of H-pyrrole nitrogens is 1. The number of nitrogens with one attached hydrogen (secondary N) is 1. The molecule has 0 aliphatic rings. The van der Waals surface area contributed by atoms with E-state index in [1.165, 1.54) is 29.8 Å². The first kappa shape index (κ1) is 11.9. The number of hydrogen-bond acceptors (Lipinski definition) is 3. The highest BCUT2D eigenvalue weighted by Crippen LogP contribution is 2.08. The van der Waals surface area contributed by atoms with E-state index in [0.717, 1.165) is 0 Å². The maximum absolute atomic E-state index is 11.8. The third-order valence-electron chi connectivity index (χ3n) is 2.01. The maximum Gasteiger partial charge on any atom is 0.248 e. The Morgan fingerprint density at radius 1 is 1.47 bits per heavy atom. The predicted molar refractivity (Wildman–Crippen MR) is 57.2 cm³/mol. The van der Waals surface area contributed by atoms with Crippen molar-refractivity contribution in [3.63, 3.8) is 0 Å². The molecule has 1 aromatic rings. The van der Waals surface area contributed by atoms with Gasteiger partial charge in [-0.05, 0) is 6.42 Å². The molecule has 1 aromatic heterocycles. The molecule has 6 heteroatoms. The second-order valence-corrected chi connectivity index (χ2v) is 5.21. The molecule has 0 atom stereocenters. The van der Waals surface area contributed by atoms with Gasteiger partial charge in [-0.2, -0.15) is 0 Å². The minimum Gasteiger partial charge on any atom is -0.366 e. The molecule has 1 rings (SSSR count). The number of aromatic amines is 1. The maximum atomic E-state index is 11.8. The molecule has 0 radical (unpaired) electrons. The lowest BCUT2D eigenvalue weighted by molar-refractivity contribution is 0.467. The van der Waals surface area contributed by atoms with E-state index < -0.39 is 15.5 Å². The van der Waals surface area contributed by atoms with Gasteiger partial charge in [0.15, 0.2) is 0 Å². The Morgan fingerprint density at radius 3 is 2.67 bits per heavy atom. The summed E-state index contributed by atoms with van der Waals surface area (Å²) in [6, 6.07) is 1.20. The summed E-state index contributed by atoms with van der Waals surface area (Å²) in [5.41, 5.74) is -0.489. The molecule has 15 heavy (non-hydrogen) atoms. The van der Waals surface area contributed by atoms with Gasteiger partial charge in [-0.1, -0.05) is 6.92 Å². The number of hydrogen-bond donors (Lipinski definition) is 1. The second-order valence-electron chi connectivity index (χ2n) is 3.20. The Balaban J connectivity index is 3.18. The second kappa shape index (κ2) is 4.59. The van der Waals surface area contributed by atoms with Crippen LogP contribution in [-0.4, -0.2) is 31.3 Å². The average molecular weight is 230 g/mol. The van der Waals surface area contributed by atoms with Gasteiger partial charge in [0, 0.05) is 32.1 Å². The van der Waals surface area contributed by atoms with E-state index in [0.29, 0.717) is 13.0 Å². The number of pyridine rings is 1. The molecule has 0 fully saturated rings. The van der Waals surface area contributed by atoms with Crippen molar-refractivity contribution in [2.24, 2.45) is 0 Å². The van der Waals surface area contributed by atoms with Crippen LogP contribution in [0, 0.1) is 0 Å². The highest BCUT2D eigenvalue weighted by Gasteiger charge is 2.22. The Morgan fingerprint density at radius 2 is 2.13 bits per heavy atom. The topological polar surface area (TPSA) is 70.2 Å². The summed E-state index contributed by atoms with van der Waals surface area (Å²) in [7, 11) is -2.18. The number of aromatic nitrogens is 1. The normalized spacial score (nSPS) is 11.9. The van der Waals surface area contributed by atoms with Crippen LogP contribution in [0.3, 0.4) is 0 Å². The quantitative estimate of drug-likeness (QED) is 0.814. The van der Waals surface area contributed by atoms with Gasteiger partial charge < -0.3 is 4.98 Å². The number of sulfonamides is 1. The molecule has 0 saturated carbocycles. The van der Waals surface area contributed by atoms with Gasteiger partial charge >= 0.3 is 0 Å². The summed E-state index contributed by atoms with van der Waals surface area (Å²) in [6.07, 6.45) is 3.32. The lowest BCUT2D eigenvalue weighted by Gasteiger charge is -2.15. The average Bonchev–Trinajstić information content (AvgIpc) is 2.18. The Bertz CT molecular complexity index is 478. The van der Waals surface area contributed by atoms with Crippen molar-refractivity contribution in [3.8, 4) is 0 Å². The summed E-state index contributed by atoms with van der Waals surface area (Å²) >= 11 is 0. The fourth-order valence-electron chi connectivity index (χ4n) is 1.21. The first-order valence-corrected chi connectivity index (χ1v) is 6.07. The standard InChI is InChI=1S/C9H14N2O3S/c1-3-6-11(2)15(13,14)9-7-10-5-4-8(9)12/h4-5,7H,3,6H2,1-2H3,(H,10,12). The number of nitrogens with zero attached hydrogens (tertiary/aromatic N) is 1. The Hall–Kier alpha value is -1.14. The van der Waals surface area contributed by atoms with Crippen LogP contribution >= 0.6 is 0 Å². The van der Waals surface area contributed by atoms with Crippen LogP contribution in [0.4, 0.5) is 0 Å². The third kappa shape index (κ3) is 2.45. The fraction of sp³-hybridized carbons (Fsp3) is 0.444. The van der Waals surface area contributed by atoms with Gasteiger partial charge in [-0.3, -0.25) is 4.79 Å². The SMILES string of the molecule is CCCN(C)S(=O)(=O)c1c[nH]ccc1=O. The van der Waals surface area contributed by atoms with Crippen molar-refractivity contribution in [2.75, 3.05) is 13.6 Å². The van der Waals surface area contributed by atoms with Crippen molar-refractivity contribution in [2.45, 2.75) is 18.2 Å². The molecule has 0 amide bonds. The van der Waals surface area contributed by atoms with E-state index in [1.807, 2.05) is 6.92 Å². The Kier molecular flexibility index (Phi) is 3.65. The van der Waals surface area contributed by atoms with Crippen LogP contribution in [-0.2, 0) is 10.0 Å². The van der Waals surface area contributed by atoms with E-state index in [-0.39, 0.29) is 4.90 Å². The Labute approximate surface area is 88.8 Å². The van der Waals surface area contributed by atoms with Crippen LogP contribution < -0.4 is 5.43 Å². The van der Waals surface area contributed by atoms with E-state index in [9.17, 15) is 13.2 Å². The molecule has 0 bridgehead atoms. The first-order valence-electron chi connectivity index (χ1n) is 4.63. The van der Waals surface area contributed by atoms with Crippen molar-refractivity contribution in [1.82, 2.24) is 9.29 Å². The summed E-state index contributed by atoms with van der Waals surface area (Å²) in [4.78, 5) is 13.7. The third-order valence-corrected chi connectivity index (χ3v) is 3.89. The molecule has 1 N–H and O–H groups in total. The summed E-state index contributed by atoms with van der Waals surface area (Å²) in [6.45, 7) is 2.28. The van der Waals surface area contributed by atoms with E-state index in [1.54, 1.807) is 0 Å². The van der Waals surface area contributed by atoms with Gasteiger partial charge in [-0.25, -0.2) is 12.7 Å². The van der Waals surface area contributed by atoms with Gasteiger partial charge in [0.25, 0.3) is 0 Å². The zero-order valence-electron chi connectivity index (χ0n) is 8.73. The van der Waals surface area contributed by atoms with Crippen molar-refractivity contribution >= 4 is 10.0 Å². The van der Waals surface area contributed by atoms with Gasteiger partial charge in [0.1, 0.15) is 4.90 Å². The van der Waals surface area contributed by atoms with Crippen molar-refractivity contribution < 1.29 is 8.42 Å². The van der Waals surface area contributed by atoms with Gasteiger partial charge in [0.05, 0.1) is 0 Å². The van der Waals surface area contributed by atoms with Gasteiger partial charge in [0.2, 0.25) is 15.5 Å². The van der Waals surface area contributed by atoms with Crippen LogP contribution in [0.25, 0.3) is 0 Å². The minimum absolute atomic E-state index is 0.207. The minimum atomic E-state index is -3.64. The van der Waals surface area contributed by atoms with Gasteiger partial charge in [-0.15, -0.1) is 0 Å². The molecule has 0 aromatic carbocycles. The zero-order valence-corrected chi connectivity index (χ0v) is 9.54. The predicted octanol–water partition coefficient (Wildman–Crippen LogP) is 0.405. The van der Waals surface area contributed by atoms with E-state index in [4.69, 9.17) is 0 Å². The van der Waals surface area contributed by atoms with E-state index >= 15 is 0 Å². The molecular formula is C9H14N2O3S. The molecule has 5 nitrogen and oxygen atoms in total. The van der Waals surface area contributed by atoms with Crippen molar-refractivity contribution in [3.05, 3.63) is 28.7 Å². The summed E-state index contributed by atoms with van der Waals surface area (Å²) in [5.74, 6) is 0. The lowest BCUT2D eigenvalue weighted by atomic mass is 10.5. The summed E-state index contributed by atoms with van der Waals surface area (Å²) in [5, 5.41) is 0.